The Bertz CT molecular complexity index is 2850. The first-order chi connectivity index (χ1) is 35.4. The first-order valence-electron chi connectivity index (χ1n) is 25.0. The smallest absolute Gasteiger partial charge is 0.248 e. The van der Waals surface area contributed by atoms with Crippen molar-refractivity contribution in [3.8, 4) is 73.2 Å². The standard InChI is InChI=1S/C60H66N2O10/c1-64-31-35-68-27-23-59(24-28-69-36-32-65-2)53-11-7-5-9-48(53)50-21-16-44(40-55(50)59)43-15-20-47(52(39-43)58-62-61-57(72-58)42-13-18-46(63)19-14-42)45-17-22-51-49-10-6-8-12-54(49)60(56(51)41-45,25-29-70-37-33-66-3)26-30-71-38-34-67-4/h5-22,39-41,63H,23-38H2,1-4H3. The van der Waals surface area contributed by atoms with Crippen molar-refractivity contribution in [2.45, 2.75) is 36.5 Å². The topological polar surface area (TPSA) is 133 Å². The van der Waals surface area contributed by atoms with E-state index >= 15 is 0 Å². The molecule has 0 radical (unpaired) electrons. The molecule has 0 bridgehead atoms. The van der Waals surface area contributed by atoms with Crippen molar-refractivity contribution in [2.75, 3.05) is 108 Å². The lowest BCUT2D eigenvalue weighted by Gasteiger charge is -2.33. The first kappa shape index (κ1) is 50.9. The van der Waals surface area contributed by atoms with E-state index in [9.17, 15) is 5.11 Å². The Kier molecular flexibility index (Phi) is 17.0. The lowest BCUT2D eigenvalue weighted by Crippen LogP contribution is -2.29. The van der Waals surface area contributed by atoms with Gasteiger partial charge in [0.15, 0.2) is 0 Å². The van der Waals surface area contributed by atoms with Crippen molar-refractivity contribution in [2.24, 2.45) is 0 Å². The largest absolute Gasteiger partial charge is 0.508 e. The summed E-state index contributed by atoms with van der Waals surface area (Å²) < 4.78 is 52.7. The van der Waals surface area contributed by atoms with Crippen LogP contribution >= 0.6 is 0 Å². The summed E-state index contributed by atoms with van der Waals surface area (Å²) in [6.07, 6.45) is 3.05. The van der Waals surface area contributed by atoms with Crippen LogP contribution in [0.5, 0.6) is 5.75 Å². The van der Waals surface area contributed by atoms with Gasteiger partial charge in [-0.25, -0.2) is 0 Å². The molecule has 12 nitrogen and oxygen atoms in total. The fourth-order valence-corrected chi connectivity index (χ4v) is 10.8. The fraction of sp³-hybridized carbons (Fsp3) is 0.367. The third-order valence-corrected chi connectivity index (χ3v) is 14.4. The molecular formula is C60H66N2O10. The molecule has 0 fully saturated rings. The van der Waals surface area contributed by atoms with Gasteiger partial charge in [-0.2, -0.15) is 0 Å². The van der Waals surface area contributed by atoms with Crippen molar-refractivity contribution in [3.63, 3.8) is 0 Å². The molecule has 9 rings (SSSR count). The van der Waals surface area contributed by atoms with Crippen LogP contribution in [0.2, 0.25) is 0 Å². The van der Waals surface area contributed by atoms with Gasteiger partial charge in [-0.15, -0.1) is 10.2 Å². The number of rotatable bonds is 28. The summed E-state index contributed by atoms with van der Waals surface area (Å²) in [5, 5.41) is 19.3. The highest BCUT2D eigenvalue weighted by Gasteiger charge is 2.44. The minimum Gasteiger partial charge on any atom is -0.508 e. The molecule has 1 N–H and O–H groups in total. The van der Waals surface area contributed by atoms with Gasteiger partial charge >= 0.3 is 0 Å². The first-order valence-corrected chi connectivity index (χ1v) is 25.0. The number of hydrogen-bond acceptors (Lipinski definition) is 12. The van der Waals surface area contributed by atoms with E-state index in [2.05, 4.69) is 108 Å². The summed E-state index contributed by atoms with van der Waals surface area (Å²) >= 11 is 0. The Balaban J connectivity index is 1.16. The predicted molar refractivity (Wildman–Crippen MR) is 279 cm³/mol. The van der Waals surface area contributed by atoms with Gasteiger partial charge in [0, 0.05) is 76.8 Å². The maximum Gasteiger partial charge on any atom is 0.248 e. The van der Waals surface area contributed by atoms with E-state index in [1.165, 1.54) is 44.5 Å². The number of phenols is 1. The zero-order valence-electron chi connectivity index (χ0n) is 42.0. The van der Waals surface area contributed by atoms with E-state index in [0.29, 0.717) is 96.6 Å². The number of methoxy groups -OCH3 is 4. The molecule has 1 heterocycles. The van der Waals surface area contributed by atoms with E-state index in [-0.39, 0.29) is 11.2 Å². The molecule has 7 aromatic rings. The highest BCUT2D eigenvalue weighted by Crippen LogP contribution is 2.56. The lowest BCUT2D eigenvalue weighted by atomic mass is 9.72. The van der Waals surface area contributed by atoms with Gasteiger partial charge < -0.3 is 47.4 Å². The molecule has 0 atom stereocenters. The van der Waals surface area contributed by atoms with Crippen LogP contribution in [0.1, 0.15) is 47.9 Å². The second-order valence-electron chi connectivity index (χ2n) is 18.4. The van der Waals surface area contributed by atoms with Gasteiger partial charge in [0.1, 0.15) is 5.75 Å². The van der Waals surface area contributed by atoms with E-state index < -0.39 is 5.41 Å². The van der Waals surface area contributed by atoms with Crippen molar-refractivity contribution in [1.82, 2.24) is 10.2 Å². The van der Waals surface area contributed by atoms with Crippen LogP contribution in [0.25, 0.3) is 67.4 Å². The van der Waals surface area contributed by atoms with Crippen molar-refractivity contribution in [3.05, 3.63) is 150 Å². The van der Waals surface area contributed by atoms with Crippen LogP contribution in [-0.2, 0) is 48.7 Å². The van der Waals surface area contributed by atoms with Gasteiger partial charge in [-0.1, -0.05) is 84.9 Å². The Hall–Kier alpha value is -6.06. The van der Waals surface area contributed by atoms with Crippen LogP contribution < -0.4 is 0 Å². The highest BCUT2D eigenvalue weighted by atomic mass is 16.5. The summed E-state index contributed by atoms with van der Waals surface area (Å²) in [5.74, 6) is 0.893. The lowest BCUT2D eigenvalue weighted by molar-refractivity contribution is 0.0490. The van der Waals surface area contributed by atoms with Crippen LogP contribution in [0.15, 0.2) is 132 Å². The molecule has 0 saturated heterocycles. The third kappa shape index (κ3) is 10.7. The second-order valence-corrected chi connectivity index (χ2v) is 18.4. The number of nitrogens with zero attached hydrogens (tertiary/aromatic N) is 2. The molecule has 0 spiro atoms. The maximum atomic E-state index is 10.1. The maximum absolute atomic E-state index is 10.1. The highest BCUT2D eigenvalue weighted by molar-refractivity contribution is 5.90. The number of aromatic hydroxyl groups is 1. The average Bonchev–Trinajstić information content (AvgIpc) is 4.09. The van der Waals surface area contributed by atoms with Crippen LogP contribution in [0.4, 0.5) is 0 Å². The number of fused-ring (bicyclic) bond motifs is 6. The molecule has 376 valence electrons. The molecule has 0 unspecified atom stereocenters. The summed E-state index contributed by atoms with van der Waals surface area (Å²) in [4.78, 5) is 0. The molecule has 0 saturated carbocycles. The molecular weight excluding hydrogens is 909 g/mol. The quantitative estimate of drug-likeness (QED) is 0.0469. The van der Waals surface area contributed by atoms with Gasteiger partial charge in [0.2, 0.25) is 11.8 Å². The number of phenolic OH excluding ortho intramolecular Hbond substituents is 1. The van der Waals surface area contributed by atoms with E-state index in [4.69, 9.17) is 47.4 Å². The molecule has 0 amide bonds. The predicted octanol–water partition coefficient (Wildman–Crippen LogP) is 11.2. The van der Waals surface area contributed by atoms with Crippen LogP contribution in [-0.4, -0.2) is 123 Å². The molecule has 12 heteroatoms. The Morgan fingerprint density at radius 1 is 0.361 bits per heavy atom. The molecule has 2 aliphatic carbocycles. The van der Waals surface area contributed by atoms with E-state index in [1.54, 1.807) is 52.7 Å². The second kappa shape index (κ2) is 24.1. The zero-order chi connectivity index (χ0) is 49.8. The van der Waals surface area contributed by atoms with E-state index in [0.717, 1.165) is 53.5 Å². The summed E-state index contributed by atoms with van der Waals surface area (Å²) in [6.45, 7) is 6.44. The molecule has 72 heavy (non-hydrogen) atoms. The normalized spacial score (nSPS) is 13.8. The van der Waals surface area contributed by atoms with Crippen molar-refractivity contribution >= 4 is 0 Å². The summed E-state index contributed by atoms with van der Waals surface area (Å²) in [5.41, 5.74) is 14.7. The number of benzene rings is 6. The molecule has 1 aromatic heterocycles. The van der Waals surface area contributed by atoms with E-state index in [1.807, 2.05) is 0 Å². The average molecular weight is 975 g/mol. The number of aromatic nitrogens is 2. The molecule has 2 aliphatic rings. The SMILES string of the molecule is COCCOCCC1(CCOCCOC)c2ccccc2-c2ccc(-c3ccc(-c4ccc5c(c4)C(CCOCCOC)(CCOCCOC)c4ccccc4-5)c(-c4nnc(-c5ccc(O)cc5)o4)c3)cc21. The van der Waals surface area contributed by atoms with Crippen LogP contribution in [0, 0.1) is 0 Å². The molecule has 6 aromatic carbocycles. The van der Waals surface area contributed by atoms with Crippen LogP contribution in [0.3, 0.4) is 0 Å². The Morgan fingerprint density at radius 2 is 0.750 bits per heavy atom. The number of hydrogen-bond donors (Lipinski definition) is 1. The molecule has 0 aliphatic heterocycles. The number of ether oxygens (including phenoxy) is 8. The van der Waals surface area contributed by atoms with Gasteiger partial charge in [-0.3, -0.25) is 0 Å². The monoisotopic (exact) mass is 974 g/mol. The summed E-state index contributed by atoms with van der Waals surface area (Å²) in [7, 11) is 6.78. The fourth-order valence-electron chi connectivity index (χ4n) is 10.8. The Morgan fingerprint density at radius 3 is 1.24 bits per heavy atom. The third-order valence-electron chi connectivity index (χ3n) is 14.4. The van der Waals surface area contributed by atoms with Crippen molar-refractivity contribution < 1.29 is 47.4 Å². The van der Waals surface area contributed by atoms with Crippen molar-refractivity contribution in [1.29, 1.82) is 0 Å². The van der Waals surface area contributed by atoms with Gasteiger partial charge in [0.05, 0.1) is 52.9 Å². The Labute approximate surface area is 423 Å². The minimum absolute atomic E-state index is 0.157. The zero-order valence-corrected chi connectivity index (χ0v) is 42.0. The van der Waals surface area contributed by atoms with Gasteiger partial charge in [-0.05, 0) is 135 Å². The minimum atomic E-state index is -0.392. The summed E-state index contributed by atoms with van der Waals surface area (Å²) in [6, 6.07) is 44.5. The van der Waals surface area contributed by atoms with Gasteiger partial charge in [0.25, 0.3) is 0 Å².